The molecule has 2 aromatic carbocycles. The Kier molecular flexibility index (Phi) is 7.09. The number of hydrogen-bond donors (Lipinski definition) is 3. The number of para-hydroxylation sites is 1. The van der Waals surface area contributed by atoms with E-state index in [1.165, 1.54) is 16.5 Å². The molecule has 0 aliphatic carbocycles. The topological polar surface area (TPSA) is 60.2 Å². The minimum atomic E-state index is -0.118. The second kappa shape index (κ2) is 9.95. The zero-order valence-electron chi connectivity index (χ0n) is 16.7. The van der Waals surface area contributed by atoms with E-state index in [0.717, 1.165) is 25.0 Å². The van der Waals surface area contributed by atoms with Gasteiger partial charge in [0.2, 0.25) is 0 Å². The number of hydrogen-bond acceptors (Lipinski definition) is 2. The number of amides is 2. The van der Waals surface area contributed by atoms with E-state index in [0.29, 0.717) is 13.1 Å². The van der Waals surface area contributed by atoms with Crippen LogP contribution in [0.5, 0.6) is 0 Å². The first-order valence-corrected chi connectivity index (χ1v) is 10.1. The Hall–Kier alpha value is -2.79. The number of fused-ring (bicyclic) bond motifs is 1. The van der Waals surface area contributed by atoms with Crippen molar-refractivity contribution in [1.29, 1.82) is 0 Å². The van der Waals surface area contributed by atoms with Gasteiger partial charge in [0.15, 0.2) is 0 Å². The lowest BCUT2D eigenvalue weighted by atomic mass is 10.1. The summed E-state index contributed by atoms with van der Waals surface area (Å²) in [4.78, 5) is 18.0. The molecule has 1 aromatic heterocycles. The maximum Gasteiger partial charge on any atom is 0.314 e. The number of nitrogens with one attached hydrogen (secondary N) is 3. The predicted molar refractivity (Wildman–Crippen MR) is 116 cm³/mol. The second-order valence-corrected chi connectivity index (χ2v) is 6.89. The molecule has 28 heavy (non-hydrogen) atoms. The van der Waals surface area contributed by atoms with Gasteiger partial charge in [0.1, 0.15) is 0 Å². The summed E-state index contributed by atoms with van der Waals surface area (Å²) in [6.45, 7) is 7.39. The normalized spacial score (nSPS) is 12.2. The van der Waals surface area contributed by atoms with Crippen LogP contribution in [0.25, 0.3) is 10.9 Å². The monoisotopic (exact) mass is 378 g/mol. The minimum absolute atomic E-state index is 0.118. The summed E-state index contributed by atoms with van der Waals surface area (Å²) in [5, 5.41) is 7.25. The first-order valence-electron chi connectivity index (χ1n) is 10.1. The summed E-state index contributed by atoms with van der Waals surface area (Å²) in [5.74, 6) is 0. The fourth-order valence-corrected chi connectivity index (χ4v) is 3.70. The Morgan fingerprint density at radius 1 is 1.00 bits per heavy atom. The first-order chi connectivity index (χ1) is 13.7. The molecule has 0 aliphatic heterocycles. The van der Waals surface area contributed by atoms with Crippen LogP contribution in [0.15, 0.2) is 60.8 Å². The Balaban J connectivity index is 1.51. The molecule has 0 radical (unpaired) electrons. The number of carbonyl (C=O) groups excluding carboxylic acids is 1. The molecule has 2 amide bonds. The Labute approximate surface area is 167 Å². The molecule has 148 valence electrons. The molecule has 0 bridgehead atoms. The number of aromatic nitrogens is 1. The van der Waals surface area contributed by atoms with Gasteiger partial charge in [-0.1, -0.05) is 62.4 Å². The molecule has 0 saturated heterocycles. The third-order valence-corrected chi connectivity index (χ3v) is 5.25. The summed E-state index contributed by atoms with van der Waals surface area (Å²) in [5.41, 5.74) is 3.58. The average Bonchev–Trinajstić information content (AvgIpc) is 3.15. The lowest BCUT2D eigenvalue weighted by molar-refractivity contribution is 0.206. The molecule has 0 spiro atoms. The minimum Gasteiger partial charge on any atom is -0.361 e. The van der Waals surface area contributed by atoms with Crippen molar-refractivity contribution < 1.29 is 4.79 Å². The largest absolute Gasteiger partial charge is 0.361 e. The van der Waals surface area contributed by atoms with Gasteiger partial charge in [-0.15, -0.1) is 0 Å². The van der Waals surface area contributed by atoms with Crippen LogP contribution in [0, 0.1) is 0 Å². The highest BCUT2D eigenvalue weighted by Crippen LogP contribution is 2.19. The van der Waals surface area contributed by atoms with E-state index in [2.05, 4.69) is 58.6 Å². The van der Waals surface area contributed by atoms with Crippen molar-refractivity contribution in [2.75, 3.05) is 26.2 Å². The zero-order valence-corrected chi connectivity index (χ0v) is 16.7. The van der Waals surface area contributed by atoms with Gasteiger partial charge in [-0.3, -0.25) is 4.90 Å². The van der Waals surface area contributed by atoms with Crippen LogP contribution in [0.2, 0.25) is 0 Å². The van der Waals surface area contributed by atoms with Crippen molar-refractivity contribution in [1.82, 2.24) is 20.5 Å². The molecule has 3 aromatic rings. The van der Waals surface area contributed by atoms with Crippen LogP contribution in [0.4, 0.5) is 4.79 Å². The van der Waals surface area contributed by atoms with E-state index >= 15 is 0 Å². The van der Waals surface area contributed by atoms with Crippen molar-refractivity contribution in [3.63, 3.8) is 0 Å². The van der Waals surface area contributed by atoms with Gasteiger partial charge < -0.3 is 15.6 Å². The molecule has 3 N–H and O–H groups in total. The molecular formula is C23H30N4O. The molecule has 0 saturated carbocycles. The van der Waals surface area contributed by atoms with E-state index in [1.807, 2.05) is 36.5 Å². The van der Waals surface area contributed by atoms with Gasteiger partial charge in [-0.05, 0) is 36.7 Å². The van der Waals surface area contributed by atoms with E-state index in [-0.39, 0.29) is 12.1 Å². The molecule has 5 heteroatoms. The molecule has 1 atom stereocenters. The highest BCUT2D eigenvalue weighted by Gasteiger charge is 2.18. The van der Waals surface area contributed by atoms with Gasteiger partial charge >= 0.3 is 6.03 Å². The van der Waals surface area contributed by atoms with Crippen LogP contribution in [-0.2, 0) is 6.42 Å². The average molecular weight is 379 g/mol. The van der Waals surface area contributed by atoms with Crippen LogP contribution < -0.4 is 10.6 Å². The zero-order chi connectivity index (χ0) is 19.8. The second-order valence-electron chi connectivity index (χ2n) is 6.89. The Bertz CT molecular complexity index is 870. The summed E-state index contributed by atoms with van der Waals surface area (Å²) in [6.07, 6.45) is 2.83. The molecule has 3 rings (SSSR count). The Morgan fingerprint density at radius 2 is 1.71 bits per heavy atom. The number of urea groups is 1. The Morgan fingerprint density at radius 3 is 2.46 bits per heavy atom. The quantitative estimate of drug-likeness (QED) is 0.525. The van der Waals surface area contributed by atoms with E-state index in [9.17, 15) is 4.79 Å². The molecule has 1 unspecified atom stereocenters. The number of aromatic amines is 1. The smallest absolute Gasteiger partial charge is 0.314 e. The van der Waals surface area contributed by atoms with Gasteiger partial charge in [0.25, 0.3) is 0 Å². The van der Waals surface area contributed by atoms with Crippen LogP contribution in [-0.4, -0.2) is 42.1 Å². The summed E-state index contributed by atoms with van der Waals surface area (Å²) >= 11 is 0. The predicted octanol–water partition coefficient (Wildman–Crippen LogP) is 4.09. The lowest BCUT2D eigenvalue weighted by Gasteiger charge is -2.30. The third kappa shape index (κ3) is 4.93. The van der Waals surface area contributed by atoms with Crippen LogP contribution in [0.1, 0.15) is 31.0 Å². The maximum atomic E-state index is 12.3. The fourth-order valence-electron chi connectivity index (χ4n) is 3.70. The van der Waals surface area contributed by atoms with E-state index in [4.69, 9.17) is 0 Å². The van der Waals surface area contributed by atoms with Crippen molar-refractivity contribution >= 4 is 16.9 Å². The van der Waals surface area contributed by atoms with Crippen molar-refractivity contribution in [3.05, 3.63) is 71.9 Å². The number of likely N-dealkylation sites (N-methyl/N-ethyl adjacent to an activating group) is 1. The van der Waals surface area contributed by atoms with Crippen molar-refractivity contribution in [2.24, 2.45) is 0 Å². The highest BCUT2D eigenvalue weighted by molar-refractivity contribution is 5.83. The van der Waals surface area contributed by atoms with Gasteiger partial charge in [-0.25, -0.2) is 4.79 Å². The van der Waals surface area contributed by atoms with Gasteiger partial charge in [0, 0.05) is 30.2 Å². The maximum absolute atomic E-state index is 12.3. The number of nitrogens with zero attached hydrogens (tertiary/aromatic N) is 1. The standard InChI is InChI=1S/C23H30N4O/c1-3-27(4-2)22(18-10-6-5-7-11-18)17-26-23(28)24-15-14-19-16-25-21-13-9-8-12-20(19)21/h5-13,16,22,25H,3-4,14-15,17H2,1-2H3,(H2,24,26,28). The molecule has 1 heterocycles. The summed E-state index contributed by atoms with van der Waals surface area (Å²) < 4.78 is 0. The summed E-state index contributed by atoms with van der Waals surface area (Å²) in [6, 6.07) is 18.7. The first kappa shape index (κ1) is 20.0. The number of carbonyl (C=O) groups is 1. The number of H-pyrrole nitrogens is 1. The van der Waals surface area contributed by atoms with E-state index in [1.54, 1.807) is 0 Å². The lowest BCUT2D eigenvalue weighted by Crippen LogP contribution is -2.42. The van der Waals surface area contributed by atoms with Crippen molar-refractivity contribution in [2.45, 2.75) is 26.3 Å². The van der Waals surface area contributed by atoms with Crippen LogP contribution in [0.3, 0.4) is 0 Å². The van der Waals surface area contributed by atoms with Gasteiger partial charge in [0.05, 0.1) is 6.04 Å². The molecule has 0 fully saturated rings. The summed E-state index contributed by atoms with van der Waals surface area (Å²) in [7, 11) is 0. The number of benzene rings is 2. The molecular weight excluding hydrogens is 348 g/mol. The van der Waals surface area contributed by atoms with Crippen molar-refractivity contribution in [3.8, 4) is 0 Å². The third-order valence-electron chi connectivity index (χ3n) is 5.25. The van der Waals surface area contributed by atoms with Crippen LogP contribution >= 0.6 is 0 Å². The molecule has 5 nitrogen and oxygen atoms in total. The number of rotatable bonds is 9. The fraction of sp³-hybridized carbons (Fsp3) is 0.348. The highest BCUT2D eigenvalue weighted by atomic mass is 16.2. The van der Waals surface area contributed by atoms with Gasteiger partial charge in [-0.2, -0.15) is 0 Å². The SMILES string of the molecule is CCN(CC)C(CNC(=O)NCCc1c[nH]c2ccccc12)c1ccccc1. The van der Waals surface area contributed by atoms with E-state index < -0.39 is 0 Å². The molecule has 0 aliphatic rings.